The fourth-order valence-corrected chi connectivity index (χ4v) is 3.40. The van der Waals surface area contributed by atoms with Crippen LogP contribution in [0.2, 0.25) is 5.02 Å². The lowest BCUT2D eigenvalue weighted by atomic mass is 10.1. The predicted octanol–water partition coefficient (Wildman–Crippen LogP) is 3.81. The van der Waals surface area contributed by atoms with E-state index in [1.54, 1.807) is 17.4 Å². The highest BCUT2D eigenvalue weighted by molar-refractivity contribution is 14.0. The van der Waals surface area contributed by atoms with Gasteiger partial charge in [0.15, 0.2) is 5.96 Å². The zero-order valence-electron chi connectivity index (χ0n) is 15.0. The Morgan fingerprint density at radius 3 is 2.73 bits per heavy atom. The van der Waals surface area contributed by atoms with Crippen molar-refractivity contribution in [2.24, 2.45) is 4.99 Å². The molecule has 0 aliphatic carbocycles. The minimum Gasteiger partial charge on any atom is -0.386 e. The van der Waals surface area contributed by atoms with Crippen LogP contribution in [0.15, 0.2) is 35.5 Å². The third-order valence-corrected chi connectivity index (χ3v) is 5.16. The van der Waals surface area contributed by atoms with Crippen molar-refractivity contribution in [1.29, 1.82) is 0 Å². The molecule has 0 fully saturated rings. The van der Waals surface area contributed by atoms with Crippen LogP contribution in [-0.4, -0.2) is 35.7 Å². The standard InChI is InChI=1S/C18H25ClN4OS.HI/c1-3-13-11-22-17(25-13)9-10-21-18(20-4-2)23-12-16(24)14-7-5-6-8-15(14)19;/h5-8,11,16,24H,3-4,9-10,12H2,1-2H3,(H2,20,21,23);1H. The highest BCUT2D eigenvalue weighted by atomic mass is 127. The number of aryl methyl sites for hydroxylation is 1. The number of aromatic nitrogens is 1. The van der Waals surface area contributed by atoms with Gasteiger partial charge in [0, 0.05) is 41.2 Å². The second kappa shape index (κ2) is 12.5. The van der Waals surface area contributed by atoms with Crippen molar-refractivity contribution in [3.63, 3.8) is 0 Å². The monoisotopic (exact) mass is 508 g/mol. The largest absolute Gasteiger partial charge is 0.386 e. The van der Waals surface area contributed by atoms with E-state index in [1.807, 2.05) is 31.3 Å². The highest BCUT2D eigenvalue weighted by Gasteiger charge is 2.11. The maximum Gasteiger partial charge on any atom is 0.191 e. The van der Waals surface area contributed by atoms with E-state index in [2.05, 4.69) is 27.5 Å². The zero-order valence-corrected chi connectivity index (χ0v) is 18.9. The van der Waals surface area contributed by atoms with E-state index in [0.717, 1.165) is 30.9 Å². The fraction of sp³-hybridized carbons (Fsp3) is 0.444. The van der Waals surface area contributed by atoms with Crippen LogP contribution in [0.5, 0.6) is 0 Å². The highest BCUT2D eigenvalue weighted by Crippen LogP contribution is 2.22. The molecule has 0 bridgehead atoms. The Bertz CT molecular complexity index is 695. The first kappa shape index (κ1) is 23.1. The van der Waals surface area contributed by atoms with Crippen LogP contribution in [-0.2, 0) is 12.8 Å². The van der Waals surface area contributed by atoms with Crippen molar-refractivity contribution < 1.29 is 5.11 Å². The van der Waals surface area contributed by atoms with Gasteiger partial charge in [0.05, 0.1) is 11.6 Å². The normalized spacial score (nSPS) is 12.4. The maximum atomic E-state index is 10.3. The molecule has 1 aromatic heterocycles. The number of aliphatic hydroxyl groups is 1. The first-order chi connectivity index (χ1) is 12.1. The lowest BCUT2D eigenvalue weighted by Gasteiger charge is -2.13. The van der Waals surface area contributed by atoms with Crippen molar-refractivity contribution in [1.82, 2.24) is 15.6 Å². The van der Waals surface area contributed by atoms with Crippen molar-refractivity contribution in [2.75, 3.05) is 19.6 Å². The molecular weight excluding hydrogens is 483 g/mol. The number of nitrogens with one attached hydrogen (secondary N) is 2. The molecule has 3 N–H and O–H groups in total. The molecule has 8 heteroatoms. The summed E-state index contributed by atoms with van der Waals surface area (Å²) in [6.07, 6.45) is 3.09. The molecule has 2 aromatic rings. The van der Waals surface area contributed by atoms with Gasteiger partial charge in [0.25, 0.3) is 0 Å². The third-order valence-electron chi connectivity index (χ3n) is 3.61. The van der Waals surface area contributed by atoms with Gasteiger partial charge in [-0.15, -0.1) is 35.3 Å². The summed E-state index contributed by atoms with van der Waals surface area (Å²) in [5, 5.41) is 18.4. The number of hydrogen-bond donors (Lipinski definition) is 3. The smallest absolute Gasteiger partial charge is 0.191 e. The molecule has 0 aliphatic heterocycles. The van der Waals surface area contributed by atoms with E-state index in [1.165, 1.54) is 4.88 Å². The first-order valence-electron chi connectivity index (χ1n) is 8.52. The van der Waals surface area contributed by atoms with Crippen molar-refractivity contribution in [3.8, 4) is 0 Å². The number of thiazole rings is 1. The molecule has 144 valence electrons. The van der Waals surface area contributed by atoms with Gasteiger partial charge < -0.3 is 15.7 Å². The lowest BCUT2D eigenvalue weighted by Crippen LogP contribution is -2.38. The molecule has 1 atom stereocenters. The molecule has 0 aliphatic rings. The van der Waals surface area contributed by atoms with Crippen LogP contribution in [0.1, 0.15) is 35.4 Å². The van der Waals surface area contributed by atoms with Crippen molar-refractivity contribution in [2.45, 2.75) is 32.8 Å². The predicted molar refractivity (Wildman–Crippen MR) is 121 cm³/mol. The van der Waals surface area contributed by atoms with E-state index in [0.29, 0.717) is 16.5 Å². The maximum absolute atomic E-state index is 10.3. The molecule has 1 unspecified atom stereocenters. The van der Waals surface area contributed by atoms with Gasteiger partial charge in [0.1, 0.15) is 6.10 Å². The summed E-state index contributed by atoms with van der Waals surface area (Å²) >= 11 is 7.86. The average Bonchev–Trinajstić information content (AvgIpc) is 3.08. The Labute approximate surface area is 181 Å². The quantitative estimate of drug-likeness (QED) is 0.288. The molecule has 0 saturated carbocycles. The Kier molecular flexibility index (Phi) is 11.1. The Hall–Kier alpha value is -0.900. The molecule has 1 aromatic carbocycles. The first-order valence-corrected chi connectivity index (χ1v) is 9.71. The third kappa shape index (κ3) is 7.38. The Morgan fingerprint density at radius 2 is 2.08 bits per heavy atom. The fourth-order valence-electron chi connectivity index (χ4n) is 2.28. The number of benzene rings is 1. The van der Waals surface area contributed by atoms with Crippen molar-refractivity contribution >= 4 is 52.9 Å². The lowest BCUT2D eigenvalue weighted by molar-refractivity contribution is 0.187. The van der Waals surface area contributed by atoms with Crippen LogP contribution in [0.4, 0.5) is 0 Å². The number of aliphatic imine (C=N–C) groups is 1. The second-order valence-electron chi connectivity index (χ2n) is 5.51. The molecule has 26 heavy (non-hydrogen) atoms. The molecule has 2 rings (SSSR count). The summed E-state index contributed by atoms with van der Waals surface area (Å²) in [7, 11) is 0. The molecule has 1 heterocycles. The van der Waals surface area contributed by atoms with Gasteiger partial charge in [-0.2, -0.15) is 0 Å². The number of aliphatic hydroxyl groups excluding tert-OH is 1. The van der Waals surface area contributed by atoms with Gasteiger partial charge in [-0.1, -0.05) is 36.7 Å². The number of halogens is 2. The number of nitrogens with zero attached hydrogens (tertiary/aromatic N) is 2. The molecular formula is C18H26ClIN4OS. The van der Waals surface area contributed by atoms with Gasteiger partial charge in [-0.05, 0) is 19.4 Å². The second-order valence-corrected chi connectivity index (χ2v) is 7.11. The van der Waals surface area contributed by atoms with E-state index in [9.17, 15) is 5.11 Å². The van der Waals surface area contributed by atoms with Crippen LogP contribution < -0.4 is 10.6 Å². The summed E-state index contributed by atoms with van der Waals surface area (Å²) in [6, 6.07) is 7.29. The number of hydrogen-bond acceptors (Lipinski definition) is 4. The van der Waals surface area contributed by atoms with E-state index in [4.69, 9.17) is 11.6 Å². The summed E-state index contributed by atoms with van der Waals surface area (Å²) in [4.78, 5) is 10.2. The van der Waals surface area contributed by atoms with Gasteiger partial charge >= 0.3 is 0 Å². The van der Waals surface area contributed by atoms with Gasteiger partial charge in [-0.25, -0.2) is 4.98 Å². The van der Waals surface area contributed by atoms with Gasteiger partial charge in [-0.3, -0.25) is 4.99 Å². The molecule has 0 radical (unpaired) electrons. The van der Waals surface area contributed by atoms with E-state index < -0.39 is 6.10 Å². The van der Waals surface area contributed by atoms with Gasteiger partial charge in [0.2, 0.25) is 0 Å². The number of guanidine groups is 1. The number of rotatable bonds is 8. The minimum absolute atomic E-state index is 0. The summed E-state index contributed by atoms with van der Waals surface area (Å²) in [5.74, 6) is 0.681. The topological polar surface area (TPSA) is 69.5 Å². The minimum atomic E-state index is -0.727. The van der Waals surface area contributed by atoms with Crippen molar-refractivity contribution in [3.05, 3.63) is 50.9 Å². The molecule has 0 spiro atoms. The summed E-state index contributed by atoms with van der Waals surface area (Å²) in [5.41, 5.74) is 0.693. The average molecular weight is 509 g/mol. The summed E-state index contributed by atoms with van der Waals surface area (Å²) in [6.45, 7) is 5.89. The van der Waals surface area contributed by atoms with E-state index in [-0.39, 0.29) is 30.5 Å². The molecule has 0 amide bonds. The van der Waals surface area contributed by atoms with Crippen LogP contribution in [0.25, 0.3) is 0 Å². The Morgan fingerprint density at radius 1 is 1.31 bits per heavy atom. The zero-order chi connectivity index (χ0) is 18.1. The SMILES string of the molecule is CCNC(=NCC(O)c1ccccc1Cl)NCCc1ncc(CC)s1.I. The summed E-state index contributed by atoms with van der Waals surface area (Å²) < 4.78 is 0. The van der Waals surface area contributed by atoms with Crippen LogP contribution in [0, 0.1) is 0 Å². The molecule has 5 nitrogen and oxygen atoms in total. The van der Waals surface area contributed by atoms with Crippen LogP contribution in [0.3, 0.4) is 0 Å². The Balaban J connectivity index is 0.00000338. The van der Waals surface area contributed by atoms with Crippen LogP contribution >= 0.6 is 46.9 Å². The molecule has 0 saturated heterocycles. The van der Waals surface area contributed by atoms with E-state index >= 15 is 0 Å².